The van der Waals surface area contributed by atoms with E-state index in [-0.39, 0.29) is 0 Å². The van der Waals surface area contributed by atoms with E-state index < -0.39 is 29.6 Å². The first-order chi connectivity index (χ1) is 18.8. The van der Waals surface area contributed by atoms with E-state index in [1.165, 1.54) is 0 Å². The summed E-state index contributed by atoms with van der Waals surface area (Å²) >= 11 is 34.8. The molecule has 228 valence electrons. The third-order valence-corrected chi connectivity index (χ3v) is 17.1. The predicted octanol–water partition coefficient (Wildman–Crippen LogP) is 5.61. The number of benzene rings is 2. The molecule has 0 fully saturated rings. The summed E-state index contributed by atoms with van der Waals surface area (Å²) < 4.78 is 35.9. The Morgan fingerprint density at radius 1 is 0.375 bits per heavy atom. The molecule has 16 heteroatoms. The van der Waals surface area contributed by atoms with Gasteiger partial charge in [-0.25, -0.2) is 0 Å². The molecule has 0 unspecified atom stereocenters. The highest BCUT2D eigenvalue weighted by atomic mass is 35.8. The Bertz CT molecular complexity index is 866. The molecule has 0 amide bonds. The van der Waals surface area contributed by atoms with Crippen molar-refractivity contribution in [1.82, 2.24) is 0 Å². The summed E-state index contributed by atoms with van der Waals surface area (Å²) in [4.78, 5) is 0. The summed E-state index contributed by atoms with van der Waals surface area (Å²) in [6, 6.07) is 9.12. The Morgan fingerprint density at radius 3 is 0.700 bits per heavy atom. The second-order valence-corrected chi connectivity index (χ2v) is 29.8. The normalized spacial score (nSPS) is 12.7. The van der Waals surface area contributed by atoms with Crippen molar-refractivity contribution in [3.63, 3.8) is 0 Å². The van der Waals surface area contributed by atoms with Gasteiger partial charge in [-0.3, -0.25) is 0 Å². The molecule has 0 atom stereocenters. The fraction of sp³-hybridized carbons (Fsp3) is 0.500. The molecule has 2 aromatic rings. The molecule has 0 saturated carbocycles. The first kappa shape index (κ1) is 38.8. The van der Waals surface area contributed by atoms with Gasteiger partial charge in [0.2, 0.25) is 0 Å². The molecule has 0 radical (unpaired) electrons. The molecule has 0 aliphatic heterocycles. The fourth-order valence-electron chi connectivity index (χ4n) is 3.62. The summed E-state index contributed by atoms with van der Waals surface area (Å²) in [5.41, 5.74) is 0. The Morgan fingerprint density at radius 2 is 0.550 bits per heavy atom. The van der Waals surface area contributed by atoms with Crippen molar-refractivity contribution in [3.8, 4) is 0 Å². The largest absolute Gasteiger partial charge is 0.537 e. The van der Waals surface area contributed by atoms with Crippen molar-refractivity contribution in [2.45, 2.75) is 41.5 Å². The average molecular weight is 748 g/mol. The zero-order chi connectivity index (χ0) is 30.5. The molecule has 0 spiro atoms. The molecular formula is C24H38Cl6O6Si4. The maximum Gasteiger partial charge on any atom is 0.537 e. The molecule has 0 heterocycles. The summed E-state index contributed by atoms with van der Waals surface area (Å²) in [5, 5.41) is 3.24. The second-order valence-electron chi connectivity index (χ2n) is 7.86. The van der Waals surface area contributed by atoms with Crippen molar-refractivity contribution in [3.05, 3.63) is 48.5 Å². The van der Waals surface area contributed by atoms with Gasteiger partial charge in [0.05, 0.1) is 0 Å². The molecule has 2 aromatic carbocycles. The third-order valence-electron chi connectivity index (χ3n) is 5.14. The van der Waals surface area contributed by atoms with E-state index in [0.717, 1.165) is 10.4 Å². The highest BCUT2D eigenvalue weighted by Crippen LogP contribution is 2.22. The van der Waals surface area contributed by atoms with E-state index in [0.29, 0.717) is 50.0 Å². The van der Waals surface area contributed by atoms with Crippen molar-refractivity contribution in [1.29, 1.82) is 0 Å². The maximum absolute atomic E-state index is 5.98. The lowest BCUT2D eigenvalue weighted by atomic mass is 10.4. The Balaban J connectivity index is 0.000000479. The van der Waals surface area contributed by atoms with E-state index in [9.17, 15) is 0 Å². The van der Waals surface area contributed by atoms with Crippen LogP contribution in [0.3, 0.4) is 0 Å². The second kappa shape index (κ2) is 18.6. The lowest BCUT2D eigenvalue weighted by Gasteiger charge is -2.30. The summed E-state index contributed by atoms with van der Waals surface area (Å²) in [7, 11) is -5.83. The predicted molar refractivity (Wildman–Crippen MR) is 179 cm³/mol. The van der Waals surface area contributed by atoms with Gasteiger partial charge in [0, 0.05) is 50.0 Å². The molecule has 0 aliphatic carbocycles. The Hall–Kier alpha value is 0.808. The van der Waals surface area contributed by atoms with Crippen LogP contribution in [0.2, 0.25) is 0 Å². The van der Waals surface area contributed by atoms with E-state index >= 15 is 0 Å². The van der Waals surface area contributed by atoms with Crippen LogP contribution in [0, 0.1) is 0 Å². The first-order valence-corrected chi connectivity index (χ1v) is 26.5. The van der Waals surface area contributed by atoms with Crippen LogP contribution in [-0.2, 0) is 26.6 Å². The van der Waals surface area contributed by atoms with Gasteiger partial charge in [-0.1, -0.05) is 48.5 Å². The standard InChI is InChI=1S/C18H34O6Si2.C6H4Cl6Si2/c1-7-19-25(20-8-2,21-9-3)17-13-15-18(16-14-17)26(22-10-4,23-11-5)24-12-6;7-13(8,9)5-1-2-6(4-3-5)14(10,11)12/h13-16H,7-12H2,1-6H3;1-4H. The smallest absolute Gasteiger partial charge is 0.370 e. The fourth-order valence-corrected chi connectivity index (χ4v) is 11.9. The number of halogens is 6. The highest BCUT2D eigenvalue weighted by Gasteiger charge is 2.46. The number of hydrogen-bond donors (Lipinski definition) is 0. The highest BCUT2D eigenvalue weighted by molar-refractivity contribution is 7.70. The van der Waals surface area contributed by atoms with E-state index in [1.54, 1.807) is 24.3 Å². The molecule has 0 bridgehead atoms. The van der Waals surface area contributed by atoms with Crippen molar-refractivity contribution < 1.29 is 26.6 Å². The van der Waals surface area contributed by atoms with Crippen LogP contribution in [0.5, 0.6) is 0 Å². The topological polar surface area (TPSA) is 55.4 Å². The van der Waals surface area contributed by atoms with Crippen molar-refractivity contribution >= 4 is 117 Å². The molecule has 0 saturated heterocycles. The van der Waals surface area contributed by atoms with Gasteiger partial charge >= 0.3 is 29.6 Å². The average Bonchev–Trinajstić information content (AvgIpc) is 2.89. The van der Waals surface area contributed by atoms with Gasteiger partial charge in [0.25, 0.3) is 0 Å². The molecule has 0 N–H and O–H groups in total. The maximum atomic E-state index is 5.98. The van der Waals surface area contributed by atoms with Crippen LogP contribution in [0.15, 0.2) is 48.5 Å². The van der Waals surface area contributed by atoms with Crippen LogP contribution in [-0.4, -0.2) is 69.3 Å². The van der Waals surface area contributed by atoms with Gasteiger partial charge in [-0.15, -0.1) is 66.5 Å². The van der Waals surface area contributed by atoms with E-state index in [1.807, 2.05) is 65.8 Å². The Kier molecular flexibility index (Phi) is 18.0. The van der Waals surface area contributed by atoms with Crippen LogP contribution >= 0.6 is 66.5 Å². The van der Waals surface area contributed by atoms with Crippen LogP contribution < -0.4 is 20.7 Å². The van der Waals surface area contributed by atoms with Crippen LogP contribution in [0.4, 0.5) is 0 Å². The SMILES string of the molecule is CCO[Si](OCC)(OCC)c1ccc([Si](OCC)(OCC)OCC)cc1.Cl[Si](Cl)(Cl)c1ccc([Si](Cl)(Cl)Cl)cc1. The van der Waals surface area contributed by atoms with E-state index in [4.69, 9.17) is 93.0 Å². The zero-order valence-electron chi connectivity index (χ0n) is 23.6. The zero-order valence-corrected chi connectivity index (χ0v) is 32.1. The van der Waals surface area contributed by atoms with Crippen LogP contribution in [0.1, 0.15) is 41.5 Å². The number of hydrogen-bond acceptors (Lipinski definition) is 6. The van der Waals surface area contributed by atoms with Gasteiger partial charge in [-0.2, -0.15) is 0 Å². The lowest BCUT2D eigenvalue weighted by molar-refractivity contribution is 0.0845. The lowest BCUT2D eigenvalue weighted by Crippen LogP contribution is -2.59. The molecule has 40 heavy (non-hydrogen) atoms. The molecule has 2 rings (SSSR count). The first-order valence-electron chi connectivity index (χ1n) is 13.0. The summed E-state index contributed by atoms with van der Waals surface area (Å²) in [6.45, 7) is 14.9. The third kappa shape index (κ3) is 11.7. The minimum atomic E-state index is -2.92. The quantitative estimate of drug-likeness (QED) is 0.165. The number of rotatable bonds is 16. The van der Waals surface area contributed by atoms with Crippen molar-refractivity contribution in [2.24, 2.45) is 0 Å². The molecular weight excluding hydrogens is 709 g/mol. The Labute approximate surface area is 271 Å². The van der Waals surface area contributed by atoms with Crippen LogP contribution in [0.25, 0.3) is 0 Å². The minimum Gasteiger partial charge on any atom is -0.370 e. The van der Waals surface area contributed by atoms with Gasteiger partial charge in [-0.05, 0) is 51.9 Å². The van der Waals surface area contributed by atoms with E-state index in [2.05, 4.69) is 0 Å². The van der Waals surface area contributed by atoms with Gasteiger partial charge in [0.1, 0.15) is 0 Å². The molecule has 6 nitrogen and oxygen atoms in total. The van der Waals surface area contributed by atoms with Gasteiger partial charge < -0.3 is 26.6 Å². The summed E-state index contributed by atoms with van der Waals surface area (Å²) in [5.74, 6) is 0. The van der Waals surface area contributed by atoms with Gasteiger partial charge in [0.15, 0.2) is 0 Å². The minimum absolute atomic E-state index is 0.531. The van der Waals surface area contributed by atoms with Crippen molar-refractivity contribution in [2.75, 3.05) is 39.6 Å². The summed E-state index contributed by atoms with van der Waals surface area (Å²) in [6.07, 6.45) is 0. The molecule has 0 aliphatic rings. The monoisotopic (exact) mass is 744 g/mol. The molecule has 0 aromatic heterocycles.